The molecular formula is C13H16FN3O. The van der Waals surface area contributed by atoms with E-state index in [4.69, 9.17) is 0 Å². The largest absolute Gasteiger partial charge is 0.338 e. The molecule has 0 aliphatic rings. The Balaban J connectivity index is 0.00000180. The quantitative estimate of drug-likeness (QED) is 0.909. The van der Waals surface area contributed by atoms with Crippen LogP contribution in [0.1, 0.15) is 24.3 Å². The fourth-order valence-electron chi connectivity index (χ4n) is 1.69. The van der Waals surface area contributed by atoms with Crippen molar-refractivity contribution in [1.82, 2.24) is 9.55 Å². The van der Waals surface area contributed by atoms with Crippen LogP contribution in [0.3, 0.4) is 0 Å². The van der Waals surface area contributed by atoms with E-state index in [1.807, 2.05) is 6.92 Å². The highest BCUT2D eigenvalue weighted by Crippen LogP contribution is 2.15. The van der Waals surface area contributed by atoms with Crippen molar-refractivity contribution in [2.75, 3.05) is 5.32 Å². The number of hydrogen-bond acceptors (Lipinski definition) is 2. The maximum Gasteiger partial charge on any atom is 0.259 e. The zero-order valence-corrected chi connectivity index (χ0v) is 10.3. The predicted molar refractivity (Wildman–Crippen MR) is 69.1 cm³/mol. The van der Waals surface area contributed by atoms with Gasteiger partial charge in [-0.3, -0.25) is 4.79 Å². The summed E-state index contributed by atoms with van der Waals surface area (Å²) in [5, 5.41) is 2.56. The molecule has 1 amide bonds. The summed E-state index contributed by atoms with van der Waals surface area (Å²) in [6.07, 6.45) is 3.77. The first-order valence-electron chi connectivity index (χ1n) is 5.68. The molecule has 2 aromatic rings. The molecular weight excluding hydrogens is 233 g/mol. The number of halogens is 1. The summed E-state index contributed by atoms with van der Waals surface area (Å²) in [5.41, 5.74) is 0.573. The van der Waals surface area contributed by atoms with Gasteiger partial charge in [0.15, 0.2) is 5.82 Å². The van der Waals surface area contributed by atoms with Gasteiger partial charge in [-0.25, -0.2) is 9.37 Å². The summed E-state index contributed by atoms with van der Waals surface area (Å²) >= 11 is 0. The average Bonchev–Trinajstić information content (AvgIpc) is 2.75. The van der Waals surface area contributed by atoms with Crippen LogP contribution in [0.4, 0.5) is 10.2 Å². The number of benzene rings is 1. The third-order valence-corrected chi connectivity index (χ3v) is 2.65. The second-order valence-corrected chi connectivity index (χ2v) is 4.01. The van der Waals surface area contributed by atoms with E-state index in [0.29, 0.717) is 17.8 Å². The lowest BCUT2D eigenvalue weighted by molar-refractivity contribution is 0.102. The molecule has 1 aromatic carbocycles. The van der Waals surface area contributed by atoms with Crippen molar-refractivity contribution in [3.05, 3.63) is 47.7 Å². The number of nitrogens with one attached hydrogen (secondary N) is 1. The van der Waals surface area contributed by atoms with Crippen LogP contribution in [0.25, 0.3) is 0 Å². The Labute approximate surface area is 106 Å². The highest BCUT2D eigenvalue weighted by atomic mass is 19.1. The van der Waals surface area contributed by atoms with Crippen LogP contribution in [0.5, 0.6) is 0 Å². The van der Waals surface area contributed by atoms with E-state index >= 15 is 0 Å². The fraction of sp³-hybridized carbons (Fsp3) is 0.231. The molecule has 1 N–H and O–H groups in total. The molecule has 4 nitrogen and oxygen atoms in total. The number of anilines is 1. The van der Waals surface area contributed by atoms with Crippen molar-refractivity contribution >= 4 is 11.7 Å². The fourth-order valence-corrected chi connectivity index (χ4v) is 1.69. The number of aromatic nitrogens is 2. The summed E-state index contributed by atoms with van der Waals surface area (Å²) in [7, 11) is 1.79. The SMILES string of the molecule is CCc1cccc(C(=O)Nc2cn(C)cn2)c1F.[HH]. The summed E-state index contributed by atoms with van der Waals surface area (Å²) < 4.78 is 15.6. The van der Waals surface area contributed by atoms with Gasteiger partial charge in [0, 0.05) is 14.7 Å². The molecule has 0 atom stereocenters. The van der Waals surface area contributed by atoms with Crippen molar-refractivity contribution in [2.24, 2.45) is 7.05 Å². The number of imidazole rings is 1. The van der Waals surface area contributed by atoms with Crippen molar-refractivity contribution < 1.29 is 10.6 Å². The Morgan fingerprint density at radius 1 is 1.56 bits per heavy atom. The molecule has 18 heavy (non-hydrogen) atoms. The molecule has 0 aliphatic heterocycles. The number of amides is 1. The van der Waals surface area contributed by atoms with Crippen LogP contribution in [-0.4, -0.2) is 15.5 Å². The zero-order chi connectivity index (χ0) is 13.1. The predicted octanol–water partition coefficient (Wildman–Crippen LogP) is 2.62. The molecule has 1 aromatic heterocycles. The van der Waals surface area contributed by atoms with Crippen LogP contribution in [0, 0.1) is 5.82 Å². The number of aryl methyl sites for hydroxylation is 2. The van der Waals surface area contributed by atoms with Crippen molar-refractivity contribution in [3.8, 4) is 0 Å². The second kappa shape index (κ2) is 5.00. The molecule has 2 rings (SSSR count). The monoisotopic (exact) mass is 249 g/mol. The van der Waals surface area contributed by atoms with Gasteiger partial charge in [-0.15, -0.1) is 0 Å². The minimum atomic E-state index is -0.485. The standard InChI is InChI=1S/C13H14FN3O.H2/c1-3-9-5-4-6-10(12(9)14)13(18)16-11-7-17(2)8-15-11;/h4-8H,3H2,1-2H3,(H,16,18);1H. The summed E-state index contributed by atoms with van der Waals surface area (Å²) in [6, 6.07) is 4.81. The minimum absolute atomic E-state index is 0. The van der Waals surface area contributed by atoms with Crippen LogP contribution in [0.15, 0.2) is 30.7 Å². The van der Waals surface area contributed by atoms with Gasteiger partial charge in [-0.1, -0.05) is 19.1 Å². The number of carbonyl (C=O) groups is 1. The highest BCUT2D eigenvalue weighted by Gasteiger charge is 2.14. The summed E-state index contributed by atoms with van der Waals surface area (Å²) in [6.45, 7) is 1.85. The van der Waals surface area contributed by atoms with E-state index in [-0.39, 0.29) is 6.99 Å². The van der Waals surface area contributed by atoms with Gasteiger partial charge >= 0.3 is 0 Å². The molecule has 0 saturated carbocycles. The number of carbonyl (C=O) groups excluding carboxylic acids is 1. The lowest BCUT2D eigenvalue weighted by Gasteiger charge is -2.06. The first-order chi connectivity index (χ1) is 8.61. The van der Waals surface area contributed by atoms with Gasteiger partial charge in [-0.2, -0.15) is 0 Å². The van der Waals surface area contributed by atoms with Gasteiger partial charge in [0.25, 0.3) is 5.91 Å². The third kappa shape index (κ3) is 2.40. The minimum Gasteiger partial charge on any atom is -0.338 e. The Hall–Kier alpha value is -2.17. The molecule has 0 bridgehead atoms. The Morgan fingerprint density at radius 2 is 2.33 bits per heavy atom. The Bertz CT molecular complexity index is 583. The molecule has 0 radical (unpaired) electrons. The first-order valence-corrected chi connectivity index (χ1v) is 5.68. The average molecular weight is 249 g/mol. The van der Waals surface area contributed by atoms with E-state index in [0.717, 1.165) is 0 Å². The Kier molecular flexibility index (Phi) is 3.41. The van der Waals surface area contributed by atoms with Gasteiger partial charge in [0.05, 0.1) is 11.9 Å². The third-order valence-electron chi connectivity index (χ3n) is 2.65. The van der Waals surface area contributed by atoms with Crippen LogP contribution in [0.2, 0.25) is 0 Å². The molecule has 0 spiro atoms. The lowest BCUT2D eigenvalue weighted by atomic mass is 10.1. The Morgan fingerprint density at radius 3 is 2.94 bits per heavy atom. The van der Waals surface area contributed by atoms with Gasteiger partial charge < -0.3 is 9.88 Å². The molecule has 5 heteroatoms. The van der Waals surface area contributed by atoms with Crippen molar-refractivity contribution in [1.29, 1.82) is 0 Å². The topological polar surface area (TPSA) is 46.9 Å². The molecule has 0 unspecified atom stereocenters. The normalized spacial score (nSPS) is 10.4. The van der Waals surface area contributed by atoms with Gasteiger partial charge in [0.2, 0.25) is 0 Å². The van der Waals surface area contributed by atoms with E-state index in [9.17, 15) is 9.18 Å². The molecule has 0 saturated heterocycles. The number of rotatable bonds is 3. The maximum absolute atomic E-state index is 13.9. The van der Waals surface area contributed by atoms with Gasteiger partial charge in [-0.05, 0) is 18.1 Å². The van der Waals surface area contributed by atoms with Crippen molar-refractivity contribution in [2.45, 2.75) is 13.3 Å². The maximum atomic E-state index is 13.9. The zero-order valence-electron chi connectivity index (χ0n) is 10.3. The van der Waals surface area contributed by atoms with Crippen LogP contribution >= 0.6 is 0 Å². The highest BCUT2D eigenvalue weighted by molar-refractivity contribution is 6.04. The van der Waals surface area contributed by atoms with Gasteiger partial charge in [0.1, 0.15) is 5.82 Å². The molecule has 96 valence electrons. The van der Waals surface area contributed by atoms with E-state index in [1.54, 1.807) is 36.3 Å². The smallest absolute Gasteiger partial charge is 0.259 e. The lowest BCUT2D eigenvalue weighted by Crippen LogP contribution is -2.14. The van der Waals surface area contributed by atoms with E-state index in [1.165, 1.54) is 6.07 Å². The first kappa shape index (κ1) is 12.3. The number of nitrogens with zero attached hydrogens (tertiary/aromatic N) is 2. The summed E-state index contributed by atoms with van der Waals surface area (Å²) in [5.74, 6) is -0.543. The van der Waals surface area contributed by atoms with E-state index in [2.05, 4.69) is 10.3 Å². The second-order valence-electron chi connectivity index (χ2n) is 4.01. The number of hydrogen-bond donors (Lipinski definition) is 1. The molecule has 0 aliphatic carbocycles. The summed E-state index contributed by atoms with van der Waals surface area (Å²) in [4.78, 5) is 15.9. The molecule has 0 fully saturated rings. The van der Waals surface area contributed by atoms with Crippen molar-refractivity contribution in [3.63, 3.8) is 0 Å². The van der Waals surface area contributed by atoms with Crippen LogP contribution < -0.4 is 5.32 Å². The van der Waals surface area contributed by atoms with E-state index < -0.39 is 11.7 Å². The van der Waals surface area contributed by atoms with Crippen LogP contribution in [-0.2, 0) is 13.5 Å². The molecule has 1 heterocycles.